The molecule has 0 saturated heterocycles. The van der Waals surface area contributed by atoms with Gasteiger partial charge in [0.1, 0.15) is 5.01 Å². The molecule has 1 heterocycles. The fraction of sp³-hybridized carbons (Fsp3) is 0.688. The number of thiazole rings is 1. The standard InChI is InChI=1S/C16H29N5OS.HI/c1-5-12(4)21-14(22)8-9-18-16(17-7-3)20-11-15-19-10-13(6-2)23-15;/h10,12H,5-9,11H2,1-4H3,(H,21,22)(H2,17,18,20);1H. The van der Waals surface area contributed by atoms with Crippen LogP contribution < -0.4 is 16.0 Å². The molecule has 1 atom stereocenters. The lowest BCUT2D eigenvalue weighted by Gasteiger charge is -2.13. The Hall–Kier alpha value is -0.900. The van der Waals surface area contributed by atoms with Gasteiger partial charge in [0, 0.05) is 36.6 Å². The number of carbonyl (C=O) groups is 1. The summed E-state index contributed by atoms with van der Waals surface area (Å²) in [7, 11) is 0. The van der Waals surface area contributed by atoms with Crippen LogP contribution in [0.1, 0.15) is 50.4 Å². The summed E-state index contributed by atoms with van der Waals surface area (Å²) in [4.78, 5) is 21.9. The second-order valence-electron chi connectivity index (χ2n) is 5.32. The largest absolute Gasteiger partial charge is 0.357 e. The number of hydrogen-bond acceptors (Lipinski definition) is 4. The fourth-order valence-corrected chi connectivity index (χ4v) is 2.60. The predicted molar refractivity (Wildman–Crippen MR) is 112 cm³/mol. The molecule has 0 aromatic carbocycles. The second-order valence-corrected chi connectivity index (χ2v) is 6.52. The van der Waals surface area contributed by atoms with E-state index in [0.717, 1.165) is 30.4 Å². The molecule has 0 aliphatic carbocycles. The minimum atomic E-state index is 0. The van der Waals surface area contributed by atoms with E-state index in [4.69, 9.17) is 0 Å². The molecule has 8 heteroatoms. The zero-order chi connectivity index (χ0) is 17.1. The SMILES string of the molecule is CCNC(=NCc1ncc(CC)s1)NCCC(=O)NC(C)CC.I. The highest BCUT2D eigenvalue weighted by Crippen LogP contribution is 2.13. The van der Waals surface area contributed by atoms with Gasteiger partial charge in [0.2, 0.25) is 5.91 Å². The maximum Gasteiger partial charge on any atom is 0.221 e. The van der Waals surface area contributed by atoms with Crippen LogP contribution in [0.2, 0.25) is 0 Å². The van der Waals surface area contributed by atoms with Crippen molar-refractivity contribution in [3.8, 4) is 0 Å². The number of guanidine groups is 1. The molecule has 1 amide bonds. The average molecular weight is 467 g/mol. The molecule has 1 rings (SSSR count). The highest BCUT2D eigenvalue weighted by molar-refractivity contribution is 14.0. The third-order valence-electron chi connectivity index (χ3n) is 3.33. The quantitative estimate of drug-likeness (QED) is 0.297. The van der Waals surface area contributed by atoms with Crippen LogP contribution in [0.25, 0.3) is 0 Å². The lowest BCUT2D eigenvalue weighted by molar-refractivity contribution is -0.121. The molecular weight excluding hydrogens is 437 g/mol. The molecule has 6 nitrogen and oxygen atoms in total. The van der Waals surface area contributed by atoms with Crippen LogP contribution in [-0.2, 0) is 17.8 Å². The van der Waals surface area contributed by atoms with E-state index in [0.29, 0.717) is 19.5 Å². The monoisotopic (exact) mass is 467 g/mol. The Balaban J connectivity index is 0.00000529. The Labute approximate surface area is 166 Å². The number of hydrogen-bond donors (Lipinski definition) is 3. The summed E-state index contributed by atoms with van der Waals surface area (Å²) in [5, 5.41) is 10.3. The van der Waals surface area contributed by atoms with Crippen molar-refractivity contribution in [2.24, 2.45) is 4.99 Å². The van der Waals surface area contributed by atoms with Gasteiger partial charge in [0.15, 0.2) is 5.96 Å². The van der Waals surface area contributed by atoms with Crippen molar-refractivity contribution < 1.29 is 4.79 Å². The minimum absolute atomic E-state index is 0. The third-order valence-corrected chi connectivity index (χ3v) is 4.46. The van der Waals surface area contributed by atoms with E-state index in [1.165, 1.54) is 4.88 Å². The van der Waals surface area contributed by atoms with Gasteiger partial charge < -0.3 is 16.0 Å². The number of aliphatic imine (C=N–C) groups is 1. The normalized spacial score (nSPS) is 12.2. The van der Waals surface area contributed by atoms with Crippen molar-refractivity contribution in [1.29, 1.82) is 0 Å². The van der Waals surface area contributed by atoms with Crippen LogP contribution >= 0.6 is 35.3 Å². The molecule has 1 unspecified atom stereocenters. The first kappa shape index (κ1) is 23.1. The van der Waals surface area contributed by atoms with Gasteiger partial charge in [-0.05, 0) is 26.7 Å². The van der Waals surface area contributed by atoms with Crippen molar-refractivity contribution in [1.82, 2.24) is 20.9 Å². The van der Waals surface area contributed by atoms with Gasteiger partial charge in [-0.1, -0.05) is 13.8 Å². The highest BCUT2D eigenvalue weighted by Gasteiger charge is 2.06. The molecule has 138 valence electrons. The predicted octanol–water partition coefficient (Wildman–Crippen LogP) is 2.68. The van der Waals surface area contributed by atoms with Crippen molar-refractivity contribution >= 4 is 47.2 Å². The molecule has 0 aliphatic heterocycles. The number of nitrogens with zero attached hydrogens (tertiary/aromatic N) is 2. The summed E-state index contributed by atoms with van der Waals surface area (Å²) in [5.41, 5.74) is 0. The molecular formula is C16H30IN5OS. The molecule has 1 aromatic heterocycles. The molecule has 0 radical (unpaired) electrons. The molecule has 3 N–H and O–H groups in total. The number of aryl methyl sites for hydroxylation is 1. The van der Waals surface area contributed by atoms with Crippen LogP contribution in [0.3, 0.4) is 0 Å². The summed E-state index contributed by atoms with van der Waals surface area (Å²) in [5.74, 6) is 0.785. The zero-order valence-corrected chi connectivity index (χ0v) is 18.2. The fourth-order valence-electron chi connectivity index (χ4n) is 1.82. The van der Waals surface area contributed by atoms with E-state index < -0.39 is 0 Å². The van der Waals surface area contributed by atoms with Gasteiger partial charge in [-0.15, -0.1) is 35.3 Å². The summed E-state index contributed by atoms with van der Waals surface area (Å²) in [6.45, 7) is 10.1. The Morgan fingerprint density at radius 1 is 1.33 bits per heavy atom. The molecule has 0 fully saturated rings. The van der Waals surface area contributed by atoms with Gasteiger partial charge in [0.05, 0.1) is 6.54 Å². The van der Waals surface area contributed by atoms with Crippen LogP contribution in [-0.4, -0.2) is 36.0 Å². The van der Waals surface area contributed by atoms with E-state index in [2.05, 4.69) is 39.8 Å². The van der Waals surface area contributed by atoms with Crippen LogP contribution in [0.5, 0.6) is 0 Å². The highest BCUT2D eigenvalue weighted by atomic mass is 127. The maximum absolute atomic E-state index is 11.7. The molecule has 0 saturated carbocycles. The van der Waals surface area contributed by atoms with Crippen LogP contribution in [0.15, 0.2) is 11.2 Å². The molecule has 0 spiro atoms. The molecule has 1 aromatic rings. The summed E-state index contributed by atoms with van der Waals surface area (Å²) < 4.78 is 0. The first-order chi connectivity index (χ1) is 11.1. The first-order valence-corrected chi connectivity index (χ1v) is 9.15. The zero-order valence-electron chi connectivity index (χ0n) is 15.0. The Bertz CT molecular complexity index is 506. The smallest absolute Gasteiger partial charge is 0.221 e. The summed E-state index contributed by atoms with van der Waals surface area (Å²) in [6.07, 6.45) is 4.29. The second kappa shape index (κ2) is 13.4. The minimum Gasteiger partial charge on any atom is -0.357 e. The lowest BCUT2D eigenvalue weighted by Crippen LogP contribution is -2.40. The third kappa shape index (κ3) is 9.41. The van der Waals surface area contributed by atoms with Gasteiger partial charge in [-0.25, -0.2) is 9.98 Å². The van der Waals surface area contributed by atoms with Crippen molar-refractivity contribution in [2.45, 2.75) is 59.5 Å². The topological polar surface area (TPSA) is 78.4 Å². The van der Waals surface area contributed by atoms with Gasteiger partial charge >= 0.3 is 0 Å². The Kier molecular flexibility index (Phi) is 12.9. The van der Waals surface area contributed by atoms with E-state index in [1.807, 2.05) is 20.0 Å². The molecule has 24 heavy (non-hydrogen) atoms. The number of nitrogens with one attached hydrogen (secondary N) is 3. The number of amides is 1. The summed E-state index contributed by atoms with van der Waals surface area (Å²) in [6, 6.07) is 0.224. The number of halogens is 1. The number of rotatable bonds is 9. The van der Waals surface area contributed by atoms with Crippen LogP contribution in [0.4, 0.5) is 0 Å². The van der Waals surface area contributed by atoms with E-state index in [-0.39, 0.29) is 35.9 Å². The lowest BCUT2D eigenvalue weighted by atomic mass is 10.2. The van der Waals surface area contributed by atoms with Crippen LogP contribution in [0, 0.1) is 0 Å². The maximum atomic E-state index is 11.7. The van der Waals surface area contributed by atoms with Crippen molar-refractivity contribution in [2.75, 3.05) is 13.1 Å². The average Bonchev–Trinajstić information content (AvgIpc) is 3.00. The van der Waals surface area contributed by atoms with Gasteiger partial charge in [-0.3, -0.25) is 4.79 Å². The van der Waals surface area contributed by atoms with Gasteiger partial charge in [0.25, 0.3) is 0 Å². The number of carbonyl (C=O) groups excluding carboxylic acids is 1. The van der Waals surface area contributed by atoms with Gasteiger partial charge in [-0.2, -0.15) is 0 Å². The summed E-state index contributed by atoms with van der Waals surface area (Å²) >= 11 is 1.69. The van der Waals surface area contributed by atoms with E-state index in [1.54, 1.807) is 11.3 Å². The first-order valence-electron chi connectivity index (χ1n) is 8.34. The molecule has 0 aliphatic rings. The van der Waals surface area contributed by atoms with E-state index in [9.17, 15) is 4.79 Å². The van der Waals surface area contributed by atoms with E-state index >= 15 is 0 Å². The Morgan fingerprint density at radius 2 is 2.08 bits per heavy atom. The number of aromatic nitrogens is 1. The molecule has 0 bridgehead atoms. The van der Waals surface area contributed by atoms with Crippen molar-refractivity contribution in [3.63, 3.8) is 0 Å². The van der Waals surface area contributed by atoms with Crippen molar-refractivity contribution in [3.05, 3.63) is 16.1 Å². The Morgan fingerprint density at radius 3 is 2.67 bits per heavy atom.